The van der Waals surface area contributed by atoms with Gasteiger partial charge in [0.05, 0.1) is 6.10 Å². The number of phenols is 1. The van der Waals surface area contributed by atoms with Crippen molar-refractivity contribution in [3.63, 3.8) is 0 Å². The smallest absolute Gasteiger partial charge is 0.473 e. The number of hydrogen-bond donors (Lipinski definition) is 2. The molecule has 0 bridgehead atoms. The molecule has 196 valence electrons. The van der Waals surface area contributed by atoms with Gasteiger partial charge in [-0.2, -0.15) is 0 Å². The second-order valence-electron chi connectivity index (χ2n) is 10.1. The molecule has 0 radical (unpaired) electrons. The average Bonchev–Trinajstić information content (AvgIpc) is 2.70. The molecule has 0 saturated heterocycles. The lowest BCUT2D eigenvalue weighted by Gasteiger charge is -2.32. The maximum Gasteiger partial charge on any atom is 0.473 e. The Kier molecular flexibility index (Phi) is 10.3. The summed E-state index contributed by atoms with van der Waals surface area (Å²) in [6.07, 6.45) is 3.55. The quantitative estimate of drug-likeness (QED) is 0.146. The maximum absolute atomic E-state index is 13.3. The van der Waals surface area contributed by atoms with Gasteiger partial charge in [0.15, 0.2) is 6.10 Å². The number of aryl methyl sites for hydroxylation is 1. The minimum absolute atomic E-state index is 0.0546. The topological polar surface area (TPSA) is 102 Å². The van der Waals surface area contributed by atoms with Gasteiger partial charge in [-0.1, -0.05) is 51.0 Å². The Balaban J connectivity index is 2.52. The van der Waals surface area contributed by atoms with Gasteiger partial charge in [0, 0.05) is 11.5 Å². The molecule has 1 aromatic carbocycles. The van der Waals surface area contributed by atoms with Crippen LogP contribution in [-0.4, -0.2) is 28.2 Å². The summed E-state index contributed by atoms with van der Waals surface area (Å²) in [5.41, 5.74) is 3.53. The Morgan fingerprint density at radius 2 is 1.89 bits per heavy atom. The summed E-state index contributed by atoms with van der Waals surface area (Å²) in [5.74, 6) is -1.14. The first-order valence-corrected chi connectivity index (χ1v) is 13.8. The van der Waals surface area contributed by atoms with E-state index in [2.05, 4.69) is 12.7 Å². The number of benzene rings is 1. The van der Waals surface area contributed by atoms with Crippen molar-refractivity contribution >= 4 is 13.8 Å². The van der Waals surface area contributed by atoms with Crippen molar-refractivity contribution in [1.29, 1.82) is 0 Å². The molecule has 2 unspecified atom stereocenters. The van der Waals surface area contributed by atoms with Gasteiger partial charge in [-0.15, -0.1) is 0 Å². The molecule has 0 heterocycles. The van der Waals surface area contributed by atoms with E-state index in [1.807, 2.05) is 20.8 Å². The van der Waals surface area contributed by atoms with Crippen molar-refractivity contribution in [2.45, 2.75) is 92.3 Å². The lowest BCUT2D eigenvalue weighted by molar-refractivity contribution is -0.145. The van der Waals surface area contributed by atoms with Crippen LogP contribution in [0.4, 0.5) is 0 Å². The van der Waals surface area contributed by atoms with Crippen LogP contribution >= 0.6 is 7.82 Å². The lowest BCUT2D eigenvalue weighted by atomic mass is 9.73. The molecule has 2 rings (SSSR count). The molecular weight excluding hydrogens is 467 g/mol. The predicted molar refractivity (Wildman–Crippen MR) is 138 cm³/mol. The summed E-state index contributed by atoms with van der Waals surface area (Å²) >= 11 is 0. The number of rotatable bonds is 11. The van der Waals surface area contributed by atoms with Crippen LogP contribution in [0, 0.1) is 11.8 Å². The Labute approximate surface area is 209 Å². The first-order valence-electron chi connectivity index (χ1n) is 12.3. The molecule has 0 saturated carbocycles. The Morgan fingerprint density at radius 3 is 2.43 bits per heavy atom. The highest BCUT2D eigenvalue weighted by Crippen LogP contribution is 2.49. The molecule has 0 aliphatic heterocycles. The highest BCUT2D eigenvalue weighted by molar-refractivity contribution is 7.47. The van der Waals surface area contributed by atoms with Crippen molar-refractivity contribution in [3.05, 3.63) is 47.1 Å². The molecule has 0 spiro atoms. The largest absolute Gasteiger partial charge is 0.507 e. The number of ether oxygens (including phenoxy) is 1. The second kappa shape index (κ2) is 12.4. The first kappa shape index (κ1) is 29.3. The highest BCUT2D eigenvalue weighted by atomic mass is 31.2. The molecule has 1 aliphatic rings. The zero-order valence-corrected chi connectivity index (χ0v) is 22.9. The Morgan fingerprint density at radius 1 is 1.23 bits per heavy atom. The molecule has 0 amide bonds. The van der Waals surface area contributed by atoms with Gasteiger partial charge in [0.25, 0.3) is 0 Å². The van der Waals surface area contributed by atoms with Crippen LogP contribution in [0.15, 0.2) is 35.9 Å². The number of hydrogen-bond acceptors (Lipinski definition) is 6. The molecule has 7 nitrogen and oxygen atoms in total. The van der Waals surface area contributed by atoms with E-state index in [1.54, 1.807) is 39.8 Å². The molecular formula is C27H41O7P. The van der Waals surface area contributed by atoms with Gasteiger partial charge in [-0.3, -0.25) is 9.05 Å². The fourth-order valence-corrected chi connectivity index (χ4v) is 5.66. The summed E-state index contributed by atoms with van der Waals surface area (Å²) in [5, 5.41) is 11.1. The number of aromatic hydroxyl groups is 1. The SMILES string of the molecule is C=C(C)[C@@H]1CCC(C)=C[C@H]1c1c(O)cc(CCC)cc1OC(=O)C(OP(=O)(O)OC(C)C)C(C)C. The summed E-state index contributed by atoms with van der Waals surface area (Å²) in [7, 11) is -4.49. The molecule has 35 heavy (non-hydrogen) atoms. The number of phosphoric ester groups is 1. The molecule has 8 heteroatoms. The van der Waals surface area contributed by atoms with Crippen LogP contribution in [0.5, 0.6) is 11.5 Å². The van der Waals surface area contributed by atoms with E-state index in [0.29, 0.717) is 12.0 Å². The fraction of sp³-hybridized carbons (Fsp3) is 0.593. The van der Waals surface area contributed by atoms with E-state index in [-0.39, 0.29) is 23.3 Å². The predicted octanol–water partition coefficient (Wildman–Crippen LogP) is 6.83. The summed E-state index contributed by atoms with van der Waals surface area (Å²) in [6.45, 7) is 16.8. The lowest BCUT2D eigenvalue weighted by Crippen LogP contribution is -2.33. The number of phenolic OH excluding ortho intramolecular Hbond substituents is 1. The van der Waals surface area contributed by atoms with E-state index >= 15 is 0 Å². The van der Waals surface area contributed by atoms with Crippen LogP contribution < -0.4 is 4.74 Å². The van der Waals surface area contributed by atoms with Gasteiger partial charge < -0.3 is 14.7 Å². The zero-order valence-electron chi connectivity index (χ0n) is 22.0. The van der Waals surface area contributed by atoms with Gasteiger partial charge >= 0.3 is 13.8 Å². The maximum atomic E-state index is 13.3. The summed E-state index contributed by atoms with van der Waals surface area (Å²) in [6, 6.07) is 3.49. The highest BCUT2D eigenvalue weighted by Gasteiger charge is 2.37. The van der Waals surface area contributed by atoms with Crippen molar-refractivity contribution in [3.8, 4) is 11.5 Å². The van der Waals surface area contributed by atoms with Gasteiger partial charge in [0.1, 0.15) is 11.5 Å². The van der Waals surface area contributed by atoms with Crippen LogP contribution in [0.1, 0.15) is 84.8 Å². The molecule has 0 aromatic heterocycles. The molecule has 1 aromatic rings. The normalized spacial score (nSPS) is 20.9. The third-order valence-corrected chi connectivity index (χ3v) is 7.25. The van der Waals surface area contributed by atoms with E-state index in [0.717, 1.165) is 30.4 Å². The third-order valence-electron chi connectivity index (χ3n) is 6.07. The van der Waals surface area contributed by atoms with Crippen molar-refractivity contribution < 1.29 is 33.1 Å². The number of carbonyl (C=O) groups excluding carboxylic acids is 1. The van der Waals surface area contributed by atoms with Gasteiger partial charge in [-0.05, 0) is 76.5 Å². The standard InChI is InChI=1S/C27H41O7P/c1-9-10-20-14-23(28)25(22-13-19(8)11-12-21(22)16(2)3)24(15-20)32-27(29)26(17(4)5)34-35(30,31)33-18(6)7/h13-15,17-18,21-22,26,28H,2,9-12H2,1,3-8H3,(H,30,31)/t21-,22+,26?/m0/s1. The third kappa shape index (κ3) is 8.04. The number of carbonyl (C=O) groups is 1. The van der Waals surface area contributed by atoms with Crippen LogP contribution in [0.2, 0.25) is 0 Å². The monoisotopic (exact) mass is 508 g/mol. The van der Waals surface area contributed by atoms with E-state index in [1.165, 1.54) is 5.57 Å². The minimum atomic E-state index is -4.49. The Hall–Kier alpha value is -1.92. The average molecular weight is 509 g/mol. The number of allylic oxidation sites excluding steroid dienone is 3. The van der Waals surface area contributed by atoms with Crippen molar-refractivity contribution in [1.82, 2.24) is 0 Å². The first-order chi connectivity index (χ1) is 16.3. The number of phosphoric acid groups is 1. The van der Waals surface area contributed by atoms with Crippen LogP contribution in [0.3, 0.4) is 0 Å². The molecule has 4 atom stereocenters. The number of esters is 1. The van der Waals surface area contributed by atoms with Gasteiger partial charge in [-0.25, -0.2) is 9.36 Å². The zero-order chi connectivity index (χ0) is 26.5. The molecule has 2 N–H and O–H groups in total. The molecule has 1 aliphatic carbocycles. The van der Waals surface area contributed by atoms with Crippen LogP contribution in [-0.2, 0) is 24.8 Å². The van der Waals surface area contributed by atoms with Crippen LogP contribution in [0.25, 0.3) is 0 Å². The Bertz CT molecular complexity index is 995. The van der Waals surface area contributed by atoms with E-state index < -0.39 is 31.9 Å². The second-order valence-corrected chi connectivity index (χ2v) is 11.5. The van der Waals surface area contributed by atoms with E-state index in [4.69, 9.17) is 13.8 Å². The van der Waals surface area contributed by atoms with Crippen molar-refractivity contribution in [2.75, 3.05) is 0 Å². The summed E-state index contributed by atoms with van der Waals surface area (Å²) < 4.78 is 28.5. The van der Waals surface area contributed by atoms with Crippen molar-refractivity contribution in [2.24, 2.45) is 11.8 Å². The molecule has 0 fully saturated rings. The fourth-order valence-electron chi connectivity index (χ4n) is 4.46. The van der Waals surface area contributed by atoms with E-state index in [9.17, 15) is 19.4 Å². The summed E-state index contributed by atoms with van der Waals surface area (Å²) in [4.78, 5) is 23.4. The van der Waals surface area contributed by atoms with Gasteiger partial charge in [0.2, 0.25) is 0 Å². The minimum Gasteiger partial charge on any atom is -0.507 e.